The normalized spacial score (nSPS) is 10.8. The summed E-state index contributed by atoms with van der Waals surface area (Å²) in [6.45, 7) is 11.3. The highest BCUT2D eigenvalue weighted by molar-refractivity contribution is 5.77. The van der Waals surface area contributed by atoms with Crippen molar-refractivity contribution >= 4 is 5.91 Å². The van der Waals surface area contributed by atoms with Crippen LogP contribution >= 0.6 is 0 Å². The molecule has 1 amide bonds. The van der Waals surface area contributed by atoms with Gasteiger partial charge in [-0.1, -0.05) is 13.8 Å². The number of amides is 1. The zero-order chi connectivity index (χ0) is 12.4. The van der Waals surface area contributed by atoms with Crippen LogP contribution in [0.25, 0.3) is 0 Å². The van der Waals surface area contributed by atoms with Gasteiger partial charge in [0.1, 0.15) is 6.61 Å². The third-order valence-corrected chi connectivity index (χ3v) is 2.80. The van der Waals surface area contributed by atoms with Crippen molar-refractivity contribution in [1.82, 2.24) is 9.80 Å². The standard InChI is InChI=1S/C12H26N2O2/c1-5-13(6-2)9-8-10-14(7-3)12(15)11-16-4/h5-11H2,1-4H3. The van der Waals surface area contributed by atoms with Crippen molar-refractivity contribution in [2.45, 2.75) is 27.2 Å². The molecule has 0 heterocycles. The molecular formula is C12H26N2O2. The zero-order valence-corrected chi connectivity index (χ0v) is 11.2. The fraction of sp³-hybridized carbons (Fsp3) is 0.917. The van der Waals surface area contributed by atoms with Crippen LogP contribution in [-0.4, -0.2) is 62.1 Å². The highest BCUT2D eigenvalue weighted by Crippen LogP contribution is 1.96. The molecule has 0 aliphatic carbocycles. The number of hydrogen-bond donors (Lipinski definition) is 0. The fourth-order valence-electron chi connectivity index (χ4n) is 1.70. The first kappa shape index (κ1) is 15.4. The number of hydrogen-bond acceptors (Lipinski definition) is 3. The van der Waals surface area contributed by atoms with Crippen LogP contribution < -0.4 is 0 Å². The molecule has 96 valence electrons. The van der Waals surface area contributed by atoms with Gasteiger partial charge in [0, 0.05) is 20.2 Å². The lowest BCUT2D eigenvalue weighted by atomic mass is 10.3. The molecule has 0 saturated heterocycles. The number of rotatable bonds is 9. The first-order chi connectivity index (χ1) is 7.69. The molecule has 0 aromatic carbocycles. The molecule has 0 unspecified atom stereocenters. The second kappa shape index (κ2) is 9.60. The zero-order valence-electron chi connectivity index (χ0n) is 11.2. The van der Waals surface area contributed by atoms with Crippen LogP contribution in [0.2, 0.25) is 0 Å². The Bertz CT molecular complexity index is 182. The van der Waals surface area contributed by atoms with Gasteiger partial charge in [-0.05, 0) is 33.0 Å². The lowest BCUT2D eigenvalue weighted by Crippen LogP contribution is -2.36. The fourth-order valence-corrected chi connectivity index (χ4v) is 1.70. The Hall–Kier alpha value is -0.610. The van der Waals surface area contributed by atoms with E-state index in [1.165, 1.54) is 0 Å². The van der Waals surface area contributed by atoms with Crippen molar-refractivity contribution < 1.29 is 9.53 Å². The SMILES string of the molecule is CCN(CC)CCCN(CC)C(=O)COC. The van der Waals surface area contributed by atoms with E-state index in [0.29, 0.717) is 0 Å². The lowest BCUT2D eigenvalue weighted by molar-refractivity contribution is -0.135. The third kappa shape index (κ3) is 6.08. The highest BCUT2D eigenvalue weighted by atomic mass is 16.5. The van der Waals surface area contributed by atoms with E-state index in [4.69, 9.17) is 4.74 Å². The van der Waals surface area contributed by atoms with Crippen molar-refractivity contribution in [2.75, 3.05) is 46.4 Å². The average molecular weight is 230 g/mol. The van der Waals surface area contributed by atoms with Gasteiger partial charge in [-0.25, -0.2) is 0 Å². The number of carbonyl (C=O) groups excluding carboxylic acids is 1. The molecule has 0 radical (unpaired) electrons. The van der Waals surface area contributed by atoms with Gasteiger partial charge in [0.25, 0.3) is 0 Å². The third-order valence-electron chi connectivity index (χ3n) is 2.80. The Morgan fingerprint density at radius 3 is 2.12 bits per heavy atom. The van der Waals surface area contributed by atoms with E-state index < -0.39 is 0 Å². The molecule has 0 atom stereocenters. The van der Waals surface area contributed by atoms with Gasteiger partial charge >= 0.3 is 0 Å². The molecule has 0 fully saturated rings. The Labute approximate surface area is 99.5 Å². The van der Waals surface area contributed by atoms with E-state index >= 15 is 0 Å². The summed E-state index contributed by atoms with van der Waals surface area (Å²) < 4.78 is 4.85. The predicted molar refractivity (Wildman–Crippen MR) is 66.5 cm³/mol. The van der Waals surface area contributed by atoms with Gasteiger partial charge in [-0.15, -0.1) is 0 Å². The van der Waals surface area contributed by atoms with Gasteiger partial charge in [0.2, 0.25) is 5.91 Å². The quantitative estimate of drug-likeness (QED) is 0.597. The van der Waals surface area contributed by atoms with E-state index in [1.54, 1.807) is 7.11 Å². The van der Waals surface area contributed by atoms with Crippen molar-refractivity contribution in [1.29, 1.82) is 0 Å². The van der Waals surface area contributed by atoms with Crippen LogP contribution in [0.5, 0.6) is 0 Å². The average Bonchev–Trinajstić information content (AvgIpc) is 2.30. The molecule has 0 aliphatic rings. The molecule has 0 bridgehead atoms. The van der Waals surface area contributed by atoms with Gasteiger partial charge < -0.3 is 14.5 Å². The Kier molecular flexibility index (Phi) is 9.24. The van der Waals surface area contributed by atoms with Crippen LogP contribution in [0.15, 0.2) is 0 Å². The minimum Gasteiger partial charge on any atom is -0.375 e. The molecule has 0 rings (SSSR count). The van der Waals surface area contributed by atoms with E-state index in [1.807, 2.05) is 11.8 Å². The van der Waals surface area contributed by atoms with Crippen LogP contribution in [0.4, 0.5) is 0 Å². The molecule has 0 aromatic heterocycles. The van der Waals surface area contributed by atoms with Crippen LogP contribution in [0.1, 0.15) is 27.2 Å². The summed E-state index contributed by atoms with van der Waals surface area (Å²) in [7, 11) is 1.56. The topological polar surface area (TPSA) is 32.8 Å². The Morgan fingerprint density at radius 2 is 1.69 bits per heavy atom. The minimum absolute atomic E-state index is 0.0875. The van der Waals surface area contributed by atoms with Crippen molar-refractivity contribution in [3.63, 3.8) is 0 Å². The smallest absolute Gasteiger partial charge is 0.248 e. The maximum Gasteiger partial charge on any atom is 0.248 e. The van der Waals surface area contributed by atoms with Gasteiger partial charge in [0.05, 0.1) is 0 Å². The van der Waals surface area contributed by atoms with Crippen molar-refractivity contribution in [2.24, 2.45) is 0 Å². The molecule has 0 N–H and O–H groups in total. The number of methoxy groups -OCH3 is 1. The maximum absolute atomic E-state index is 11.6. The lowest BCUT2D eigenvalue weighted by Gasteiger charge is -2.23. The molecule has 4 nitrogen and oxygen atoms in total. The maximum atomic E-state index is 11.6. The molecule has 0 aromatic rings. The molecule has 0 spiro atoms. The minimum atomic E-state index is 0.0875. The van der Waals surface area contributed by atoms with E-state index in [9.17, 15) is 4.79 Å². The van der Waals surface area contributed by atoms with E-state index in [2.05, 4.69) is 18.7 Å². The van der Waals surface area contributed by atoms with Gasteiger partial charge in [-0.3, -0.25) is 4.79 Å². The van der Waals surface area contributed by atoms with Crippen molar-refractivity contribution in [3.8, 4) is 0 Å². The van der Waals surface area contributed by atoms with Crippen molar-refractivity contribution in [3.05, 3.63) is 0 Å². The summed E-state index contributed by atoms with van der Waals surface area (Å²) in [4.78, 5) is 15.8. The first-order valence-electron chi connectivity index (χ1n) is 6.18. The number of carbonyl (C=O) groups is 1. The number of likely N-dealkylation sites (N-methyl/N-ethyl adjacent to an activating group) is 1. The molecular weight excluding hydrogens is 204 g/mol. The molecule has 16 heavy (non-hydrogen) atoms. The Balaban J connectivity index is 3.82. The van der Waals surface area contributed by atoms with Gasteiger partial charge in [-0.2, -0.15) is 0 Å². The first-order valence-corrected chi connectivity index (χ1v) is 6.18. The Morgan fingerprint density at radius 1 is 1.06 bits per heavy atom. The summed E-state index contributed by atoms with van der Waals surface area (Å²) in [5.41, 5.74) is 0. The molecule has 4 heteroatoms. The summed E-state index contributed by atoms with van der Waals surface area (Å²) in [6, 6.07) is 0. The summed E-state index contributed by atoms with van der Waals surface area (Å²) >= 11 is 0. The second-order valence-electron chi connectivity index (χ2n) is 3.79. The summed E-state index contributed by atoms with van der Waals surface area (Å²) in [6.07, 6.45) is 1.03. The molecule has 0 aliphatic heterocycles. The van der Waals surface area contributed by atoms with Crippen LogP contribution in [0, 0.1) is 0 Å². The number of nitrogens with zero attached hydrogens (tertiary/aromatic N) is 2. The second-order valence-corrected chi connectivity index (χ2v) is 3.79. The number of ether oxygens (including phenoxy) is 1. The van der Waals surface area contributed by atoms with E-state index in [-0.39, 0.29) is 12.5 Å². The van der Waals surface area contributed by atoms with Crippen LogP contribution in [0.3, 0.4) is 0 Å². The molecule has 0 saturated carbocycles. The predicted octanol–water partition coefficient (Wildman–Crippen LogP) is 1.21. The monoisotopic (exact) mass is 230 g/mol. The van der Waals surface area contributed by atoms with E-state index in [0.717, 1.165) is 39.1 Å². The largest absolute Gasteiger partial charge is 0.375 e. The van der Waals surface area contributed by atoms with Crippen LogP contribution in [-0.2, 0) is 9.53 Å². The summed E-state index contributed by atoms with van der Waals surface area (Å²) in [5, 5.41) is 0. The summed E-state index contributed by atoms with van der Waals surface area (Å²) in [5.74, 6) is 0.0875. The van der Waals surface area contributed by atoms with Gasteiger partial charge in [0.15, 0.2) is 0 Å². The highest BCUT2D eigenvalue weighted by Gasteiger charge is 2.10.